The predicted molar refractivity (Wildman–Crippen MR) is 93.6 cm³/mol. The van der Waals surface area contributed by atoms with Gasteiger partial charge in [0.15, 0.2) is 0 Å². The van der Waals surface area contributed by atoms with E-state index in [1.165, 1.54) is 0 Å². The lowest BCUT2D eigenvalue weighted by atomic mass is 10.1. The minimum absolute atomic E-state index is 0.0352. The van der Waals surface area contributed by atoms with Crippen LogP contribution in [0.2, 0.25) is 0 Å². The van der Waals surface area contributed by atoms with Crippen LogP contribution in [0.3, 0.4) is 0 Å². The molecule has 7 nitrogen and oxygen atoms in total. The van der Waals surface area contributed by atoms with Gasteiger partial charge in [0.1, 0.15) is 0 Å². The Morgan fingerprint density at radius 3 is 2.12 bits per heavy atom. The van der Waals surface area contributed by atoms with Crippen LogP contribution in [0.4, 0.5) is 10.5 Å². The molecule has 0 spiro atoms. The molecule has 132 valence electrons. The molecule has 7 heteroatoms. The van der Waals surface area contributed by atoms with E-state index in [0.29, 0.717) is 12.1 Å². The maximum atomic E-state index is 11.8. The summed E-state index contributed by atoms with van der Waals surface area (Å²) in [7, 11) is 0. The lowest BCUT2D eigenvalue weighted by molar-refractivity contribution is -0.120. The van der Waals surface area contributed by atoms with Gasteiger partial charge in [-0.15, -0.1) is 0 Å². The van der Waals surface area contributed by atoms with Crippen molar-refractivity contribution in [2.75, 3.05) is 11.9 Å². The molecular weight excluding hydrogens is 308 g/mol. The Morgan fingerprint density at radius 2 is 1.58 bits per heavy atom. The average molecular weight is 334 g/mol. The molecule has 0 fully saturated rings. The molecule has 0 aromatic heterocycles. The normalized spacial score (nSPS) is 11.5. The molecule has 1 aromatic rings. The molecule has 4 amide bonds. The Kier molecular flexibility index (Phi) is 7.74. The van der Waals surface area contributed by atoms with Gasteiger partial charge >= 0.3 is 6.03 Å². The van der Waals surface area contributed by atoms with E-state index < -0.39 is 6.03 Å². The largest absolute Gasteiger partial charge is 0.352 e. The van der Waals surface area contributed by atoms with Gasteiger partial charge in [-0.3, -0.25) is 9.59 Å². The highest BCUT2D eigenvalue weighted by molar-refractivity contribution is 5.90. The summed E-state index contributed by atoms with van der Waals surface area (Å²) in [6.07, 6.45) is 0.421. The zero-order chi connectivity index (χ0) is 18.1. The van der Waals surface area contributed by atoms with Gasteiger partial charge in [-0.1, -0.05) is 19.1 Å². The third-order valence-corrected chi connectivity index (χ3v) is 3.22. The highest BCUT2D eigenvalue weighted by atomic mass is 16.2. The van der Waals surface area contributed by atoms with Crippen LogP contribution < -0.4 is 21.3 Å². The standard InChI is InChI=1S/C17H26N4O3/c1-5-15(22)21-14-8-6-13(7-9-14)12(4)20-17(24)18-10-16(23)19-11(2)3/h6-9,11-12H,5,10H2,1-4H3,(H,19,23)(H,21,22)(H2,18,20,24)/t12-/m0/s1. The minimum atomic E-state index is -0.412. The number of carbonyl (C=O) groups is 3. The number of anilines is 1. The van der Waals surface area contributed by atoms with Crippen LogP contribution >= 0.6 is 0 Å². The van der Waals surface area contributed by atoms with Gasteiger partial charge in [-0.2, -0.15) is 0 Å². The summed E-state index contributed by atoms with van der Waals surface area (Å²) in [6, 6.07) is 6.64. The van der Waals surface area contributed by atoms with Crippen molar-refractivity contribution < 1.29 is 14.4 Å². The van der Waals surface area contributed by atoms with E-state index in [1.54, 1.807) is 19.1 Å². The number of hydrogen-bond acceptors (Lipinski definition) is 3. The van der Waals surface area contributed by atoms with E-state index in [-0.39, 0.29) is 30.4 Å². The Labute approximate surface area is 142 Å². The number of rotatable bonds is 7. The maximum absolute atomic E-state index is 11.8. The summed E-state index contributed by atoms with van der Waals surface area (Å²) in [5, 5.41) is 10.7. The van der Waals surface area contributed by atoms with Gasteiger partial charge in [0.2, 0.25) is 11.8 Å². The summed E-state index contributed by atoms with van der Waals surface area (Å²) < 4.78 is 0. The Balaban J connectivity index is 2.46. The summed E-state index contributed by atoms with van der Waals surface area (Å²) in [5.74, 6) is -0.281. The highest BCUT2D eigenvalue weighted by Gasteiger charge is 2.11. The van der Waals surface area contributed by atoms with Crippen LogP contribution in [0.15, 0.2) is 24.3 Å². The lowest BCUT2D eigenvalue weighted by Gasteiger charge is -2.16. The average Bonchev–Trinajstić information content (AvgIpc) is 2.52. The summed E-state index contributed by atoms with van der Waals surface area (Å²) in [6.45, 7) is 7.27. The molecule has 1 rings (SSSR count). The van der Waals surface area contributed by atoms with E-state index in [9.17, 15) is 14.4 Å². The number of hydrogen-bond donors (Lipinski definition) is 4. The quantitative estimate of drug-likeness (QED) is 0.613. The van der Waals surface area contributed by atoms with Crippen molar-refractivity contribution in [2.45, 2.75) is 46.2 Å². The fourth-order valence-corrected chi connectivity index (χ4v) is 1.97. The molecule has 0 saturated carbocycles. The smallest absolute Gasteiger partial charge is 0.315 e. The molecular formula is C17H26N4O3. The zero-order valence-electron chi connectivity index (χ0n) is 14.6. The van der Waals surface area contributed by atoms with E-state index in [4.69, 9.17) is 0 Å². The minimum Gasteiger partial charge on any atom is -0.352 e. The second-order valence-corrected chi connectivity index (χ2v) is 5.79. The summed E-state index contributed by atoms with van der Waals surface area (Å²) in [4.78, 5) is 34.6. The van der Waals surface area contributed by atoms with Gasteiger partial charge < -0.3 is 21.3 Å². The van der Waals surface area contributed by atoms with Crippen molar-refractivity contribution in [3.63, 3.8) is 0 Å². The Bertz CT molecular complexity index is 570. The van der Waals surface area contributed by atoms with Crippen molar-refractivity contribution in [3.05, 3.63) is 29.8 Å². The molecule has 0 radical (unpaired) electrons. The van der Waals surface area contributed by atoms with Crippen LogP contribution in [0.5, 0.6) is 0 Å². The van der Waals surface area contributed by atoms with E-state index in [2.05, 4.69) is 21.3 Å². The van der Waals surface area contributed by atoms with Gasteiger partial charge in [0, 0.05) is 18.2 Å². The topological polar surface area (TPSA) is 99.3 Å². The number of benzene rings is 1. The van der Waals surface area contributed by atoms with E-state index in [1.807, 2.05) is 32.9 Å². The van der Waals surface area contributed by atoms with Crippen molar-refractivity contribution in [2.24, 2.45) is 0 Å². The van der Waals surface area contributed by atoms with Crippen molar-refractivity contribution in [1.82, 2.24) is 16.0 Å². The highest BCUT2D eigenvalue weighted by Crippen LogP contribution is 2.16. The molecule has 24 heavy (non-hydrogen) atoms. The zero-order valence-corrected chi connectivity index (χ0v) is 14.6. The summed E-state index contributed by atoms with van der Waals surface area (Å²) >= 11 is 0. The first-order valence-electron chi connectivity index (χ1n) is 8.05. The van der Waals surface area contributed by atoms with Crippen molar-refractivity contribution in [1.29, 1.82) is 0 Å². The van der Waals surface area contributed by atoms with Crippen molar-refractivity contribution >= 4 is 23.5 Å². The van der Waals surface area contributed by atoms with Gasteiger partial charge in [-0.05, 0) is 38.5 Å². The number of amides is 4. The second-order valence-electron chi connectivity index (χ2n) is 5.79. The first kappa shape index (κ1) is 19.5. The molecule has 0 heterocycles. The Morgan fingerprint density at radius 1 is 0.958 bits per heavy atom. The molecule has 0 unspecified atom stereocenters. The molecule has 0 aliphatic heterocycles. The molecule has 0 saturated heterocycles. The molecule has 0 bridgehead atoms. The number of urea groups is 1. The first-order valence-corrected chi connectivity index (χ1v) is 8.05. The maximum Gasteiger partial charge on any atom is 0.315 e. The molecule has 0 aliphatic carbocycles. The molecule has 4 N–H and O–H groups in total. The fourth-order valence-electron chi connectivity index (χ4n) is 1.97. The van der Waals surface area contributed by atoms with Crippen LogP contribution in [0.1, 0.15) is 45.7 Å². The van der Waals surface area contributed by atoms with Gasteiger partial charge in [0.25, 0.3) is 0 Å². The van der Waals surface area contributed by atoms with Crippen molar-refractivity contribution in [3.8, 4) is 0 Å². The second kappa shape index (κ2) is 9.54. The molecule has 1 atom stereocenters. The third kappa shape index (κ3) is 7.13. The van der Waals surface area contributed by atoms with E-state index in [0.717, 1.165) is 5.56 Å². The van der Waals surface area contributed by atoms with Crippen LogP contribution in [0, 0.1) is 0 Å². The van der Waals surface area contributed by atoms with Crippen LogP contribution in [-0.2, 0) is 9.59 Å². The summed E-state index contributed by atoms with van der Waals surface area (Å²) in [5.41, 5.74) is 1.61. The molecule has 0 aliphatic rings. The first-order chi connectivity index (χ1) is 11.3. The predicted octanol–water partition coefficient (Wildman–Crippen LogP) is 1.92. The van der Waals surface area contributed by atoms with Gasteiger partial charge in [-0.25, -0.2) is 4.79 Å². The van der Waals surface area contributed by atoms with E-state index >= 15 is 0 Å². The number of carbonyl (C=O) groups excluding carboxylic acids is 3. The van der Waals surface area contributed by atoms with Gasteiger partial charge in [0.05, 0.1) is 12.6 Å². The lowest BCUT2D eigenvalue weighted by Crippen LogP contribution is -2.44. The number of nitrogens with one attached hydrogen (secondary N) is 4. The van der Waals surface area contributed by atoms with Crippen LogP contribution in [-0.4, -0.2) is 30.4 Å². The van der Waals surface area contributed by atoms with Crippen LogP contribution in [0.25, 0.3) is 0 Å². The molecule has 1 aromatic carbocycles. The monoisotopic (exact) mass is 334 g/mol. The third-order valence-electron chi connectivity index (χ3n) is 3.22. The fraction of sp³-hybridized carbons (Fsp3) is 0.471. The Hall–Kier alpha value is -2.57. The SMILES string of the molecule is CCC(=O)Nc1ccc([C@H](C)NC(=O)NCC(=O)NC(C)C)cc1.